The topological polar surface area (TPSA) is 100 Å². The van der Waals surface area contributed by atoms with Gasteiger partial charge in [-0.15, -0.1) is 0 Å². The van der Waals surface area contributed by atoms with Gasteiger partial charge in [0, 0.05) is 31.9 Å². The summed E-state index contributed by atoms with van der Waals surface area (Å²) in [5.41, 5.74) is 4.50. The number of likely N-dealkylation sites (tertiary alicyclic amines) is 1. The molecule has 3 N–H and O–H groups in total. The van der Waals surface area contributed by atoms with E-state index in [9.17, 15) is 9.59 Å². The normalized spacial score (nSPS) is 19.6. The molecule has 2 atom stereocenters. The Balaban J connectivity index is 1.48. The fourth-order valence-electron chi connectivity index (χ4n) is 5.15. The molecular formula is C27H35N3O5. The van der Waals surface area contributed by atoms with Crippen molar-refractivity contribution in [2.45, 2.75) is 32.2 Å². The number of aryl methyl sites for hydroxylation is 2. The van der Waals surface area contributed by atoms with Crippen molar-refractivity contribution in [3.8, 4) is 11.5 Å². The molecule has 8 nitrogen and oxygen atoms in total. The molecule has 1 fully saturated rings. The zero-order chi connectivity index (χ0) is 24.8. The highest BCUT2D eigenvalue weighted by molar-refractivity contribution is 5.93. The van der Waals surface area contributed by atoms with Crippen LogP contribution >= 0.6 is 0 Å². The minimum absolute atomic E-state index is 0.0695. The quantitative estimate of drug-likeness (QED) is 0.509. The molecule has 188 valence electrons. The Hall–Kier alpha value is -3.10. The summed E-state index contributed by atoms with van der Waals surface area (Å²) >= 11 is 0. The number of hydrogen-bond donors (Lipinski definition) is 3. The van der Waals surface area contributed by atoms with Crippen LogP contribution in [0, 0.1) is 11.8 Å². The van der Waals surface area contributed by atoms with E-state index in [0.29, 0.717) is 37.6 Å². The Bertz CT molecular complexity index is 1060. The number of rotatable bonds is 9. The standard InChI is InChI=1S/C27H35N3O5/c1-34-24-9-6-18(12-25(24)35-2)15-30-16-21(26(32)28-10-11-31)13-22(17-30)27(33)29-23-8-7-19-4-3-5-20(19)14-23/h6-9,12,14,21-22,31H,3-5,10-11,13,15-17H2,1-2H3,(H,28,32)(H,29,33)/t21-,22+/m0/s1. The molecule has 0 radical (unpaired) electrons. The van der Waals surface area contributed by atoms with Gasteiger partial charge in [0.25, 0.3) is 0 Å². The van der Waals surface area contributed by atoms with Crippen LogP contribution in [0.3, 0.4) is 0 Å². The molecule has 1 saturated heterocycles. The Kier molecular flexibility index (Phi) is 8.25. The third kappa shape index (κ3) is 6.13. The number of nitrogens with one attached hydrogen (secondary N) is 2. The average Bonchev–Trinajstić information content (AvgIpc) is 3.35. The lowest BCUT2D eigenvalue weighted by Crippen LogP contribution is -2.49. The number of fused-ring (bicyclic) bond motifs is 1. The first-order valence-electron chi connectivity index (χ1n) is 12.2. The highest BCUT2D eigenvalue weighted by Gasteiger charge is 2.35. The van der Waals surface area contributed by atoms with Crippen molar-refractivity contribution in [3.05, 3.63) is 53.1 Å². The van der Waals surface area contributed by atoms with E-state index in [-0.39, 0.29) is 36.8 Å². The van der Waals surface area contributed by atoms with Crippen LogP contribution in [0.2, 0.25) is 0 Å². The van der Waals surface area contributed by atoms with E-state index in [0.717, 1.165) is 30.5 Å². The summed E-state index contributed by atoms with van der Waals surface area (Å²) in [5.74, 6) is 0.424. The van der Waals surface area contributed by atoms with Crippen molar-refractivity contribution in [1.29, 1.82) is 0 Å². The highest BCUT2D eigenvalue weighted by atomic mass is 16.5. The number of benzene rings is 2. The Morgan fingerprint density at radius 1 is 0.971 bits per heavy atom. The summed E-state index contributed by atoms with van der Waals surface area (Å²) in [4.78, 5) is 28.2. The predicted octanol–water partition coefficient (Wildman–Crippen LogP) is 2.38. The van der Waals surface area contributed by atoms with E-state index >= 15 is 0 Å². The predicted molar refractivity (Wildman–Crippen MR) is 134 cm³/mol. The molecule has 1 aliphatic heterocycles. The van der Waals surface area contributed by atoms with Crippen LogP contribution in [0.25, 0.3) is 0 Å². The second-order valence-corrected chi connectivity index (χ2v) is 9.35. The van der Waals surface area contributed by atoms with E-state index in [1.165, 1.54) is 11.1 Å². The third-order valence-corrected chi connectivity index (χ3v) is 6.90. The van der Waals surface area contributed by atoms with Crippen LogP contribution in [0.4, 0.5) is 5.69 Å². The van der Waals surface area contributed by atoms with Gasteiger partial charge in [0.1, 0.15) is 0 Å². The van der Waals surface area contributed by atoms with Crippen molar-refractivity contribution >= 4 is 17.5 Å². The van der Waals surface area contributed by atoms with Crippen molar-refractivity contribution in [1.82, 2.24) is 10.2 Å². The van der Waals surface area contributed by atoms with Gasteiger partial charge >= 0.3 is 0 Å². The molecule has 2 amide bonds. The molecule has 1 aliphatic carbocycles. The van der Waals surface area contributed by atoms with Crippen molar-refractivity contribution in [2.75, 3.05) is 45.8 Å². The number of aliphatic hydroxyl groups is 1. The summed E-state index contributed by atoms with van der Waals surface area (Å²) in [6.07, 6.45) is 3.78. The molecular weight excluding hydrogens is 446 g/mol. The summed E-state index contributed by atoms with van der Waals surface area (Å²) in [5, 5.41) is 15.0. The zero-order valence-corrected chi connectivity index (χ0v) is 20.5. The first-order valence-corrected chi connectivity index (χ1v) is 12.2. The highest BCUT2D eigenvalue weighted by Crippen LogP contribution is 2.31. The monoisotopic (exact) mass is 481 g/mol. The maximum Gasteiger partial charge on any atom is 0.228 e. The van der Waals surface area contributed by atoms with Crippen LogP contribution in [-0.2, 0) is 29.0 Å². The lowest BCUT2D eigenvalue weighted by Gasteiger charge is -2.36. The number of anilines is 1. The Labute approximate surface area is 206 Å². The van der Waals surface area contributed by atoms with E-state index in [1.54, 1.807) is 14.2 Å². The van der Waals surface area contributed by atoms with E-state index in [1.807, 2.05) is 24.3 Å². The number of piperidine rings is 1. The summed E-state index contributed by atoms with van der Waals surface area (Å²) in [6, 6.07) is 11.9. The fraction of sp³-hybridized carbons (Fsp3) is 0.481. The van der Waals surface area contributed by atoms with Crippen molar-refractivity contribution in [3.63, 3.8) is 0 Å². The van der Waals surface area contributed by atoms with Gasteiger partial charge in [0.2, 0.25) is 11.8 Å². The molecule has 8 heteroatoms. The smallest absolute Gasteiger partial charge is 0.228 e. The number of aliphatic hydroxyl groups excluding tert-OH is 1. The molecule has 0 saturated carbocycles. The van der Waals surface area contributed by atoms with Crippen LogP contribution < -0.4 is 20.1 Å². The first-order chi connectivity index (χ1) is 17.0. The van der Waals surface area contributed by atoms with E-state index < -0.39 is 0 Å². The van der Waals surface area contributed by atoms with Crippen LogP contribution in [-0.4, -0.2) is 62.3 Å². The summed E-state index contributed by atoms with van der Waals surface area (Å²) in [6.45, 7) is 1.75. The number of carbonyl (C=O) groups is 2. The van der Waals surface area contributed by atoms with Gasteiger partial charge in [0.05, 0.1) is 32.7 Å². The molecule has 4 rings (SSSR count). The lowest BCUT2D eigenvalue weighted by molar-refractivity contribution is -0.130. The van der Waals surface area contributed by atoms with Gasteiger partial charge in [-0.25, -0.2) is 0 Å². The average molecular weight is 482 g/mol. The van der Waals surface area contributed by atoms with Gasteiger partial charge in [0.15, 0.2) is 11.5 Å². The third-order valence-electron chi connectivity index (χ3n) is 6.90. The van der Waals surface area contributed by atoms with Crippen LogP contribution in [0.15, 0.2) is 36.4 Å². The minimum Gasteiger partial charge on any atom is -0.493 e. The van der Waals surface area contributed by atoms with Crippen LogP contribution in [0.1, 0.15) is 29.5 Å². The number of ether oxygens (including phenoxy) is 2. The zero-order valence-electron chi connectivity index (χ0n) is 20.5. The summed E-state index contributed by atoms with van der Waals surface area (Å²) < 4.78 is 10.8. The molecule has 0 aromatic heterocycles. The van der Waals surface area contributed by atoms with Gasteiger partial charge in [-0.2, -0.15) is 0 Å². The number of nitrogens with zero attached hydrogens (tertiary/aromatic N) is 1. The number of methoxy groups -OCH3 is 2. The summed E-state index contributed by atoms with van der Waals surface area (Å²) in [7, 11) is 3.20. The maximum atomic E-state index is 13.3. The van der Waals surface area contributed by atoms with Gasteiger partial charge in [-0.3, -0.25) is 14.5 Å². The lowest BCUT2D eigenvalue weighted by atomic mass is 9.87. The first kappa shape index (κ1) is 25.0. The molecule has 35 heavy (non-hydrogen) atoms. The van der Waals surface area contributed by atoms with Crippen molar-refractivity contribution in [2.24, 2.45) is 11.8 Å². The SMILES string of the molecule is COc1ccc(CN2C[C@@H](C(=O)NCCO)C[C@@H](C(=O)Nc3ccc4c(c3)CCC4)C2)cc1OC. The largest absolute Gasteiger partial charge is 0.493 e. The Morgan fingerprint density at radius 2 is 1.71 bits per heavy atom. The molecule has 0 spiro atoms. The molecule has 1 heterocycles. The fourth-order valence-corrected chi connectivity index (χ4v) is 5.15. The van der Waals surface area contributed by atoms with Gasteiger partial charge in [-0.1, -0.05) is 12.1 Å². The van der Waals surface area contributed by atoms with Gasteiger partial charge < -0.3 is 25.2 Å². The van der Waals surface area contributed by atoms with Crippen molar-refractivity contribution < 1.29 is 24.2 Å². The molecule has 2 aromatic rings. The second kappa shape index (κ2) is 11.6. The number of carbonyl (C=O) groups excluding carboxylic acids is 2. The maximum absolute atomic E-state index is 13.3. The van der Waals surface area contributed by atoms with E-state index in [2.05, 4.69) is 27.7 Å². The number of hydrogen-bond acceptors (Lipinski definition) is 6. The van der Waals surface area contributed by atoms with Crippen LogP contribution in [0.5, 0.6) is 11.5 Å². The molecule has 0 bridgehead atoms. The molecule has 0 unspecified atom stereocenters. The molecule has 2 aliphatic rings. The van der Waals surface area contributed by atoms with Gasteiger partial charge in [-0.05, 0) is 66.6 Å². The Morgan fingerprint density at radius 3 is 2.46 bits per heavy atom. The number of amides is 2. The second-order valence-electron chi connectivity index (χ2n) is 9.35. The van der Waals surface area contributed by atoms with E-state index in [4.69, 9.17) is 14.6 Å². The minimum atomic E-state index is -0.341. The molecule has 2 aromatic carbocycles.